The standard InChI is InChI=1S/C25H17Cl2N5O/c1-14-20-22(16-10-7-11-17(26)21(16)27)31-19-13-6-5-12-18(19)28-25(33)24(31)29-23(20)32(30-14)15-8-3-2-4-9-15/h2-13,22H,1H3,(H,28,33). The number of anilines is 2. The van der Waals surface area contributed by atoms with Gasteiger partial charge in [0, 0.05) is 5.56 Å². The Morgan fingerprint density at radius 3 is 2.52 bits per heavy atom. The highest BCUT2D eigenvalue weighted by Crippen LogP contribution is 2.49. The minimum atomic E-state index is -0.441. The van der Waals surface area contributed by atoms with Gasteiger partial charge in [-0.1, -0.05) is 65.7 Å². The number of aromatic nitrogens is 2. The average Bonchev–Trinajstić information content (AvgIpc) is 3.17. The third-order valence-corrected chi connectivity index (χ3v) is 6.78. The summed E-state index contributed by atoms with van der Waals surface area (Å²) in [6.45, 7) is 1.94. The first-order valence-electron chi connectivity index (χ1n) is 10.4. The highest BCUT2D eigenvalue weighted by atomic mass is 35.5. The molecule has 162 valence electrons. The van der Waals surface area contributed by atoms with Crippen LogP contribution in [0.4, 0.5) is 17.2 Å². The van der Waals surface area contributed by atoms with Crippen molar-refractivity contribution in [3.63, 3.8) is 0 Å². The van der Waals surface area contributed by atoms with E-state index < -0.39 is 6.04 Å². The van der Waals surface area contributed by atoms with Crippen LogP contribution < -0.4 is 10.2 Å². The van der Waals surface area contributed by atoms with Crippen molar-refractivity contribution in [2.75, 3.05) is 10.2 Å². The zero-order valence-electron chi connectivity index (χ0n) is 17.5. The zero-order chi connectivity index (χ0) is 22.7. The number of fused-ring (bicyclic) bond motifs is 4. The van der Waals surface area contributed by atoms with Gasteiger partial charge >= 0.3 is 0 Å². The van der Waals surface area contributed by atoms with Crippen LogP contribution >= 0.6 is 23.2 Å². The maximum atomic E-state index is 13.2. The molecule has 1 N–H and O–H groups in total. The van der Waals surface area contributed by atoms with Crippen molar-refractivity contribution in [2.24, 2.45) is 4.99 Å². The van der Waals surface area contributed by atoms with Gasteiger partial charge in [0.15, 0.2) is 5.82 Å². The molecule has 2 aliphatic rings. The molecule has 33 heavy (non-hydrogen) atoms. The van der Waals surface area contributed by atoms with Crippen molar-refractivity contribution < 1.29 is 4.79 Å². The fourth-order valence-electron chi connectivity index (χ4n) is 4.52. The molecule has 3 aromatic carbocycles. The smallest absolute Gasteiger partial charge is 0.291 e. The van der Waals surface area contributed by atoms with Gasteiger partial charge in [-0.3, -0.25) is 4.79 Å². The van der Waals surface area contributed by atoms with Crippen LogP contribution in [0.25, 0.3) is 5.69 Å². The number of carbonyl (C=O) groups is 1. The van der Waals surface area contributed by atoms with Crippen LogP contribution in [0.3, 0.4) is 0 Å². The molecule has 0 saturated heterocycles. The summed E-state index contributed by atoms with van der Waals surface area (Å²) in [4.78, 5) is 20.0. The van der Waals surface area contributed by atoms with E-state index in [1.165, 1.54) is 0 Å². The van der Waals surface area contributed by atoms with Crippen LogP contribution in [0.2, 0.25) is 10.0 Å². The molecule has 8 heteroatoms. The van der Waals surface area contributed by atoms with Gasteiger partial charge in [-0.05, 0) is 42.8 Å². The number of nitrogens with zero attached hydrogens (tertiary/aromatic N) is 4. The number of amidine groups is 1. The molecule has 1 aromatic heterocycles. The topological polar surface area (TPSA) is 62.5 Å². The van der Waals surface area contributed by atoms with Crippen molar-refractivity contribution >= 4 is 52.1 Å². The lowest BCUT2D eigenvalue weighted by atomic mass is 9.93. The third kappa shape index (κ3) is 2.98. The summed E-state index contributed by atoms with van der Waals surface area (Å²) in [7, 11) is 0. The largest absolute Gasteiger partial charge is 0.317 e. The number of hydrogen-bond acceptors (Lipinski definition) is 4. The second kappa shape index (κ2) is 7.47. The maximum absolute atomic E-state index is 13.2. The van der Waals surface area contributed by atoms with Gasteiger partial charge in [0.2, 0.25) is 5.84 Å². The Hall–Kier alpha value is -3.61. The van der Waals surface area contributed by atoms with Crippen molar-refractivity contribution in [1.29, 1.82) is 0 Å². The van der Waals surface area contributed by atoms with Crippen LogP contribution in [0.15, 0.2) is 77.8 Å². The van der Waals surface area contributed by atoms with Crippen molar-refractivity contribution in [3.05, 3.63) is 99.7 Å². The lowest BCUT2D eigenvalue weighted by Gasteiger charge is -2.40. The molecular weight excluding hydrogens is 457 g/mol. The van der Waals surface area contributed by atoms with Crippen LogP contribution in [-0.4, -0.2) is 21.5 Å². The molecule has 1 atom stereocenters. The van der Waals surface area contributed by atoms with E-state index in [4.69, 9.17) is 33.3 Å². The van der Waals surface area contributed by atoms with Crippen LogP contribution in [-0.2, 0) is 4.79 Å². The Bertz CT molecular complexity index is 1460. The summed E-state index contributed by atoms with van der Waals surface area (Å²) >= 11 is 13.2. The lowest BCUT2D eigenvalue weighted by Crippen LogP contribution is -2.48. The Kier molecular flexibility index (Phi) is 4.54. The van der Waals surface area contributed by atoms with E-state index in [1.807, 2.05) is 78.6 Å². The quantitative estimate of drug-likeness (QED) is 0.383. The molecule has 1 unspecified atom stereocenters. The van der Waals surface area contributed by atoms with Gasteiger partial charge in [0.25, 0.3) is 5.91 Å². The van der Waals surface area contributed by atoms with E-state index >= 15 is 0 Å². The van der Waals surface area contributed by atoms with Crippen molar-refractivity contribution in [1.82, 2.24) is 9.78 Å². The van der Waals surface area contributed by atoms with E-state index in [-0.39, 0.29) is 11.7 Å². The van der Waals surface area contributed by atoms with E-state index in [2.05, 4.69) is 5.32 Å². The Morgan fingerprint density at radius 2 is 1.70 bits per heavy atom. The normalized spacial score (nSPS) is 16.5. The molecular formula is C25H17Cl2N5O. The highest BCUT2D eigenvalue weighted by molar-refractivity contribution is 6.50. The van der Waals surface area contributed by atoms with E-state index in [0.29, 0.717) is 21.6 Å². The third-order valence-electron chi connectivity index (χ3n) is 5.94. The molecule has 0 bridgehead atoms. The van der Waals surface area contributed by atoms with Crippen molar-refractivity contribution in [2.45, 2.75) is 13.0 Å². The van der Waals surface area contributed by atoms with Gasteiger partial charge < -0.3 is 10.2 Å². The summed E-state index contributed by atoms with van der Waals surface area (Å²) in [6.07, 6.45) is 0. The zero-order valence-corrected chi connectivity index (χ0v) is 19.0. The maximum Gasteiger partial charge on any atom is 0.291 e. The molecule has 0 fully saturated rings. The fraction of sp³-hybridized carbons (Fsp3) is 0.0800. The minimum absolute atomic E-state index is 0.277. The Balaban J connectivity index is 1.69. The van der Waals surface area contributed by atoms with Gasteiger partial charge in [0.1, 0.15) is 0 Å². The molecule has 3 heterocycles. The van der Waals surface area contributed by atoms with E-state index in [9.17, 15) is 4.79 Å². The molecule has 1 amide bonds. The summed E-state index contributed by atoms with van der Waals surface area (Å²) in [6, 6.07) is 22.5. The minimum Gasteiger partial charge on any atom is -0.317 e. The molecule has 0 spiro atoms. The van der Waals surface area contributed by atoms with E-state index in [1.54, 1.807) is 10.7 Å². The van der Waals surface area contributed by atoms with Crippen LogP contribution in [0.5, 0.6) is 0 Å². The summed E-state index contributed by atoms with van der Waals surface area (Å²) in [5, 5.41) is 8.64. The monoisotopic (exact) mass is 473 g/mol. The summed E-state index contributed by atoms with van der Waals surface area (Å²) in [5.41, 5.74) is 4.83. The second-order valence-corrected chi connectivity index (χ2v) is 8.68. The molecule has 0 aliphatic carbocycles. The lowest BCUT2D eigenvalue weighted by molar-refractivity contribution is -0.110. The number of rotatable bonds is 2. The van der Waals surface area contributed by atoms with Crippen molar-refractivity contribution in [3.8, 4) is 5.69 Å². The summed E-state index contributed by atoms with van der Waals surface area (Å²) in [5.74, 6) is 0.584. The molecule has 4 aromatic rings. The van der Waals surface area contributed by atoms with Crippen LogP contribution in [0.1, 0.15) is 22.9 Å². The number of carbonyl (C=O) groups excluding carboxylic acids is 1. The number of amides is 1. The second-order valence-electron chi connectivity index (χ2n) is 7.89. The number of aryl methyl sites for hydroxylation is 1. The summed E-state index contributed by atoms with van der Waals surface area (Å²) < 4.78 is 1.77. The number of hydrogen-bond donors (Lipinski definition) is 1. The Morgan fingerprint density at radius 1 is 0.939 bits per heavy atom. The number of benzene rings is 3. The van der Waals surface area contributed by atoms with Gasteiger partial charge in [-0.25, -0.2) is 9.67 Å². The number of halogens is 2. The fourth-order valence-corrected chi connectivity index (χ4v) is 4.93. The highest BCUT2D eigenvalue weighted by Gasteiger charge is 2.43. The average molecular weight is 474 g/mol. The number of para-hydroxylation sites is 3. The van der Waals surface area contributed by atoms with E-state index in [0.717, 1.165) is 28.2 Å². The van der Waals surface area contributed by atoms with Gasteiger partial charge in [-0.15, -0.1) is 0 Å². The molecule has 6 rings (SSSR count). The number of aliphatic imine (C=N–C) groups is 1. The predicted molar refractivity (Wildman–Crippen MR) is 131 cm³/mol. The van der Waals surface area contributed by atoms with Gasteiger partial charge in [-0.2, -0.15) is 5.10 Å². The molecule has 0 saturated carbocycles. The first kappa shape index (κ1) is 20.0. The van der Waals surface area contributed by atoms with Crippen LogP contribution in [0, 0.1) is 6.92 Å². The molecule has 0 radical (unpaired) electrons. The number of nitrogens with one attached hydrogen (secondary N) is 1. The van der Waals surface area contributed by atoms with Gasteiger partial charge in [0.05, 0.1) is 38.8 Å². The SMILES string of the molecule is Cc1nn(-c2ccccc2)c2c1C(c1cccc(Cl)c1Cl)N1C(=N2)C(=O)Nc2ccccc21. The Labute approximate surface area is 200 Å². The molecule has 2 aliphatic heterocycles. The predicted octanol–water partition coefficient (Wildman–Crippen LogP) is 6.08. The first-order valence-corrected chi connectivity index (χ1v) is 11.2. The first-order chi connectivity index (χ1) is 16.0. The molecule has 6 nitrogen and oxygen atoms in total.